The van der Waals surface area contributed by atoms with Crippen LogP contribution in [0.3, 0.4) is 0 Å². The Kier molecular flexibility index (Phi) is 4.77. The monoisotopic (exact) mass is 407 g/mol. The second kappa shape index (κ2) is 7.23. The smallest absolute Gasteiger partial charge is 0.259 e. The number of hydrogen-bond donors (Lipinski definition) is 1. The molecule has 0 aromatic heterocycles. The molecule has 30 heavy (non-hydrogen) atoms. The first-order valence-electron chi connectivity index (χ1n) is 11.5. The van der Waals surface area contributed by atoms with Gasteiger partial charge in [0.15, 0.2) is 0 Å². The molecular formula is C25H33N3O2. The third kappa shape index (κ3) is 3.09. The van der Waals surface area contributed by atoms with Gasteiger partial charge in [-0.2, -0.15) is 0 Å². The van der Waals surface area contributed by atoms with Crippen LogP contribution in [0.15, 0.2) is 30.3 Å². The number of rotatable bonds is 4. The molecule has 4 fully saturated rings. The lowest BCUT2D eigenvalue weighted by atomic mass is 9.45. The average Bonchev–Trinajstić information content (AvgIpc) is 3.00. The number of hydrogen-bond acceptors (Lipinski definition) is 3. The Balaban J connectivity index is 1.26. The summed E-state index contributed by atoms with van der Waals surface area (Å²) in [6, 6.07) is 7.94. The minimum Gasteiger partial charge on any atom is -0.366 e. The summed E-state index contributed by atoms with van der Waals surface area (Å²) in [5.74, 6) is 2.03. The van der Waals surface area contributed by atoms with Crippen molar-refractivity contribution in [1.29, 1.82) is 0 Å². The number of benzene rings is 1. The van der Waals surface area contributed by atoms with E-state index in [1.807, 2.05) is 29.2 Å². The van der Waals surface area contributed by atoms with E-state index in [1.54, 1.807) is 0 Å². The number of anilines is 1. The summed E-state index contributed by atoms with van der Waals surface area (Å²) in [4.78, 5) is 29.2. The first-order chi connectivity index (χ1) is 14.4. The number of nitrogens with two attached hydrogens (primary N) is 1. The fourth-order valence-corrected chi connectivity index (χ4v) is 6.78. The van der Waals surface area contributed by atoms with Crippen LogP contribution in [-0.4, -0.2) is 42.4 Å². The van der Waals surface area contributed by atoms with Crippen LogP contribution < -0.4 is 10.6 Å². The zero-order chi connectivity index (χ0) is 21.0. The number of likely N-dealkylation sites (tertiary alicyclic amines) is 1. The molecule has 0 spiro atoms. The van der Waals surface area contributed by atoms with Gasteiger partial charge in [0.05, 0.1) is 11.3 Å². The van der Waals surface area contributed by atoms with E-state index in [0.717, 1.165) is 54.9 Å². The van der Waals surface area contributed by atoms with Gasteiger partial charge in [-0.1, -0.05) is 32.0 Å². The van der Waals surface area contributed by atoms with Crippen molar-refractivity contribution >= 4 is 23.1 Å². The fourth-order valence-electron chi connectivity index (χ4n) is 6.78. The molecule has 2 N–H and O–H groups in total. The van der Waals surface area contributed by atoms with Gasteiger partial charge in [0, 0.05) is 37.3 Å². The molecule has 0 radical (unpaired) electrons. The lowest BCUT2D eigenvalue weighted by Crippen LogP contribution is -2.55. The molecule has 1 saturated heterocycles. The molecule has 5 aliphatic rings. The van der Waals surface area contributed by atoms with Crippen molar-refractivity contribution in [3.8, 4) is 0 Å². The van der Waals surface area contributed by atoms with Crippen molar-refractivity contribution in [2.75, 3.05) is 24.5 Å². The highest BCUT2D eigenvalue weighted by atomic mass is 16.2. The lowest BCUT2D eigenvalue weighted by Gasteiger charge is -2.61. The van der Waals surface area contributed by atoms with E-state index in [-0.39, 0.29) is 11.9 Å². The maximum Gasteiger partial charge on any atom is 0.259 e. The third-order valence-electron chi connectivity index (χ3n) is 8.61. The summed E-state index contributed by atoms with van der Waals surface area (Å²) in [6.45, 7) is 8.23. The molecule has 3 unspecified atom stereocenters. The van der Waals surface area contributed by atoms with Crippen molar-refractivity contribution in [3.05, 3.63) is 35.9 Å². The largest absolute Gasteiger partial charge is 0.366 e. The molecule has 2 bridgehead atoms. The van der Waals surface area contributed by atoms with E-state index in [9.17, 15) is 9.59 Å². The highest BCUT2D eigenvalue weighted by Crippen LogP contribution is 2.61. The molecule has 2 heterocycles. The summed E-state index contributed by atoms with van der Waals surface area (Å²) in [7, 11) is 0. The van der Waals surface area contributed by atoms with Crippen LogP contribution in [0, 0.1) is 23.2 Å². The van der Waals surface area contributed by atoms with Gasteiger partial charge < -0.3 is 15.5 Å². The molecule has 2 amide bonds. The topological polar surface area (TPSA) is 66.6 Å². The highest BCUT2D eigenvalue weighted by Gasteiger charge is 2.54. The van der Waals surface area contributed by atoms with E-state index in [4.69, 9.17) is 5.73 Å². The first kappa shape index (κ1) is 19.8. The molecule has 3 saturated carbocycles. The Morgan fingerprint density at radius 3 is 2.57 bits per heavy atom. The molecule has 5 nitrogen and oxygen atoms in total. The average molecular weight is 408 g/mol. The van der Waals surface area contributed by atoms with Gasteiger partial charge in [0.1, 0.15) is 0 Å². The number of carbonyl (C=O) groups is 2. The van der Waals surface area contributed by atoms with Gasteiger partial charge in [0.2, 0.25) is 5.91 Å². The summed E-state index contributed by atoms with van der Waals surface area (Å²) >= 11 is 0. The van der Waals surface area contributed by atoms with Crippen LogP contribution in [0.1, 0.15) is 51.5 Å². The summed E-state index contributed by atoms with van der Waals surface area (Å²) in [5, 5.41) is 0. The fraction of sp³-hybridized carbons (Fsp3) is 0.600. The maximum absolute atomic E-state index is 13.2. The number of primary amides is 1. The number of amides is 2. The van der Waals surface area contributed by atoms with Gasteiger partial charge in [-0.15, -0.1) is 0 Å². The molecule has 1 aromatic carbocycles. The summed E-state index contributed by atoms with van der Waals surface area (Å²) in [6.07, 6.45) is 7.46. The van der Waals surface area contributed by atoms with Crippen molar-refractivity contribution < 1.29 is 9.59 Å². The maximum atomic E-state index is 13.2. The minimum atomic E-state index is -0.571. The Morgan fingerprint density at radius 2 is 1.90 bits per heavy atom. The zero-order valence-electron chi connectivity index (χ0n) is 18.1. The van der Waals surface area contributed by atoms with Gasteiger partial charge in [-0.25, -0.2) is 0 Å². The SMILES string of the molecule is CC1(C)C2CCC(CN3CCC(N4C(=O)C(=CC(N)=O)c5ccccc54)CC3)C1C2. The third-order valence-corrected chi connectivity index (χ3v) is 8.61. The Hall–Kier alpha value is -2.14. The molecule has 1 aromatic rings. The van der Waals surface area contributed by atoms with E-state index >= 15 is 0 Å². The van der Waals surface area contributed by atoms with E-state index < -0.39 is 5.91 Å². The van der Waals surface area contributed by atoms with Crippen molar-refractivity contribution in [1.82, 2.24) is 4.90 Å². The quantitative estimate of drug-likeness (QED) is 0.778. The molecule has 3 atom stereocenters. The van der Waals surface area contributed by atoms with Crippen molar-refractivity contribution in [3.63, 3.8) is 0 Å². The predicted molar refractivity (Wildman–Crippen MR) is 119 cm³/mol. The second-order valence-corrected chi connectivity index (χ2v) is 10.4. The summed E-state index contributed by atoms with van der Waals surface area (Å²) < 4.78 is 0. The van der Waals surface area contributed by atoms with E-state index in [0.29, 0.717) is 11.0 Å². The Bertz CT molecular complexity index is 895. The molecule has 160 valence electrons. The predicted octanol–water partition coefficient (Wildman–Crippen LogP) is 3.44. The molecular weight excluding hydrogens is 374 g/mol. The number of carbonyl (C=O) groups excluding carboxylic acids is 2. The number of para-hydroxylation sites is 1. The zero-order valence-corrected chi connectivity index (χ0v) is 18.1. The van der Waals surface area contributed by atoms with Gasteiger partial charge >= 0.3 is 0 Å². The summed E-state index contributed by atoms with van der Waals surface area (Å²) in [5.41, 5.74) is 8.08. The van der Waals surface area contributed by atoms with Crippen LogP contribution in [0.5, 0.6) is 0 Å². The van der Waals surface area contributed by atoms with E-state index in [2.05, 4.69) is 18.7 Å². The van der Waals surface area contributed by atoms with Gasteiger partial charge in [-0.3, -0.25) is 9.59 Å². The van der Waals surface area contributed by atoms with Crippen molar-refractivity contribution in [2.45, 2.75) is 52.0 Å². The molecule has 2 aliphatic heterocycles. The molecule has 6 rings (SSSR count). The Morgan fingerprint density at radius 1 is 1.17 bits per heavy atom. The van der Waals surface area contributed by atoms with E-state index in [1.165, 1.54) is 31.9 Å². The second-order valence-electron chi connectivity index (χ2n) is 10.4. The normalized spacial score (nSPS) is 32.2. The highest BCUT2D eigenvalue weighted by molar-refractivity contribution is 6.35. The van der Waals surface area contributed by atoms with Crippen LogP contribution in [0.2, 0.25) is 0 Å². The number of piperidine rings is 1. The first-order valence-corrected chi connectivity index (χ1v) is 11.5. The number of fused-ring (bicyclic) bond motifs is 3. The number of nitrogens with zero attached hydrogens (tertiary/aromatic N) is 2. The molecule has 5 heteroatoms. The lowest BCUT2D eigenvalue weighted by molar-refractivity contribution is -0.116. The minimum absolute atomic E-state index is 0.0806. The Labute approximate surface area is 179 Å². The van der Waals surface area contributed by atoms with Crippen molar-refractivity contribution in [2.24, 2.45) is 28.9 Å². The van der Waals surface area contributed by atoms with Crippen LogP contribution in [0.4, 0.5) is 5.69 Å². The van der Waals surface area contributed by atoms with Gasteiger partial charge in [-0.05, 0) is 61.3 Å². The van der Waals surface area contributed by atoms with Crippen LogP contribution in [0.25, 0.3) is 5.57 Å². The van der Waals surface area contributed by atoms with Crippen LogP contribution in [-0.2, 0) is 9.59 Å². The van der Waals surface area contributed by atoms with Gasteiger partial charge in [0.25, 0.3) is 5.91 Å². The standard InChI is InChI=1S/C25H33N3O2/c1-25(2)17-8-7-16(21(25)13-17)15-27-11-9-18(10-12-27)28-22-6-4-3-5-19(22)20(24(28)30)14-23(26)29/h3-6,14,16-18,21H,7-13,15H2,1-2H3,(H2,26,29). The van der Waals surface area contributed by atoms with Crippen LogP contribution >= 0.6 is 0 Å². The molecule has 3 aliphatic carbocycles.